The highest BCUT2D eigenvalue weighted by molar-refractivity contribution is 5.35. The highest BCUT2D eigenvalue weighted by Crippen LogP contribution is 2.28. The molecule has 4 nitrogen and oxygen atoms in total. The Morgan fingerprint density at radius 1 is 1.04 bits per heavy atom. The lowest BCUT2D eigenvalue weighted by molar-refractivity contribution is -0.153. The highest BCUT2D eigenvalue weighted by Gasteiger charge is 2.33. The smallest absolute Gasteiger partial charge is 0.433 e. The van der Waals surface area contributed by atoms with E-state index in [1.165, 1.54) is 24.3 Å². The van der Waals surface area contributed by atoms with E-state index in [2.05, 4.69) is 20.0 Å². The van der Waals surface area contributed by atoms with Crippen LogP contribution in [-0.2, 0) is 6.18 Å². The minimum atomic E-state index is -4.58. The standard InChI is InChI=1S/C15H13F6N3O/c1-9(23-13-22-7-6-12(24-13)15(19,20)21)10-2-4-11(5-3-10)25-8-14(16,17)18/h2-7,9H,8H2,1H3,(H,22,23,24). The quantitative estimate of drug-likeness (QED) is 0.786. The Labute approximate surface area is 138 Å². The molecule has 0 aliphatic rings. The summed E-state index contributed by atoms with van der Waals surface area (Å²) in [5, 5.41) is 2.70. The lowest BCUT2D eigenvalue weighted by Gasteiger charge is -2.16. The van der Waals surface area contributed by atoms with E-state index in [0.29, 0.717) is 5.56 Å². The predicted octanol–water partition coefficient (Wildman–Crippen LogP) is 4.61. The summed E-state index contributed by atoms with van der Waals surface area (Å²) in [6.07, 6.45) is -8.03. The van der Waals surface area contributed by atoms with E-state index in [-0.39, 0.29) is 11.7 Å². The molecular formula is C15H13F6N3O. The highest BCUT2D eigenvalue weighted by atomic mass is 19.4. The van der Waals surface area contributed by atoms with E-state index in [9.17, 15) is 26.3 Å². The monoisotopic (exact) mass is 365 g/mol. The fourth-order valence-corrected chi connectivity index (χ4v) is 1.88. The van der Waals surface area contributed by atoms with Crippen molar-refractivity contribution in [3.63, 3.8) is 0 Å². The normalized spacial score (nSPS) is 13.4. The van der Waals surface area contributed by atoms with Crippen molar-refractivity contribution in [3.05, 3.63) is 47.8 Å². The molecule has 25 heavy (non-hydrogen) atoms. The summed E-state index contributed by atoms with van der Waals surface area (Å²) in [4.78, 5) is 7.11. The first-order valence-corrected chi connectivity index (χ1v) is 7.01. The third-order valence-corrected chi connectivity index (χ3v) is 3.07. The van der Waals surface area contributed by atoms with Gasteiger partial charge in [0.15, 0.2) is 6.61 Å². The zero-order chi connectivity index (χ0) is 18.7. The molecule has 2 rings (SSSR count). The van der Waals surface area contributed by atoms with Gasteiger partial charge in [-0.2, -0.15) is 26.3 Å². The minimum absolute atomic E-state index is 0.0311. The van der Waals surface area contributed by atoms with E-state index < -0.39 is 30.7 Å². The average Bonchev–Trinajstić information content (AvgIpc) is 2.52. The number of nitrogens with one attached hydrogen (secondary N) is 1. The zero-order valence-corrected chi connectivity index (χ0v) is 12.8. The van der Waals surface area contributed by atoms with Crippen LogP contribution in [0.2, 0.25) is 0 Å². The summed E-state index contributed by atoms with van der Waals surface area (Å²) >= 11 is 0. The summed E-state index contributed by atoms with van der Waals surface area (Å²) in [5.41, 5.74) is -0.464. The maximum Gasteiger partial charge on any atom is 0.433 e. The van der Waals surface area contributed by atoms with Crippen LogP contribution in [-0.4, -0.2) is 22.8 Å². The minimum Gasteiger partial charge on any atom is -0.484 e. The van der Waals surface area contributed by atoms with E-state index in [1.807, 2.05) is 0 Å². The molecule has 1 aromatic heterocycles. The number of anilines is 1. The van der Waals surface area contributed by atoms with Crippen LogP contribution in [0.5, 0.6) is 5.75 Å². The van der Waals surface area contributed by atoms with Gasteiger partial charge in [0.2, 0.25) is 5.95 Å². The van der Waals surface area contributed by atoms with Crippen molar-refractivity contribution < 1.29 is 31.1 Å². The molecule has 1 heterocycles. The predicted molar refractivity (Wildman–Crippen MR) is 77.1 cm³/mol. The molecule has 0 fully saturated rings. The Hall–Kier alpha value is -2.52. The largest absolute Gasteiger partial charge is 0.484 e. The van der Waals surface area contributed by atoms with Gasteiger partial charge < -0.3 is 10.1 Å². The molecule has 0 radical (unpaired) electrons. The third-order valence-electron chi connectivity index (χ3n) is 3.07. The van der Waals surface area contributed by atoms with Gasteiger partial charge in [0.1, 0.15) is 11.4 Å². The van der Waals surface area contributed by atoms with Gasteiger partial charge in [0.05, 0.1) is 6.04 Å². The SMILES string of the molecule is CC(Nc1nccc(C(F)(F)F)n1)c1ccc(OCC(F)(F)F)cc1. The van der Waals surface area contributed by atoms with Gasteiger partial charge in [-0.3, -0.25) is 0 Å². The molecule has 0 aliphatic carbocycles. The topological polar surface area (TPSA) is 47.0 Å². The molecule has 2 aromatic rings. The van der Waals surface area contributed by atoms with Crippen LogP contribution in [0.15, 0.2) is 36.5 Å². The second kappa shape index (κ2) is 7.16. The van der Waals surface area contributed by atoms with Crippen molar-refractivity contribution in [1.29, 1.82) is 0 Å². The molecule has 0 amide bonds. The number of hydrogen-bond acceptors (Lipinski definition) is 4. The van der Waals surface area contributed by atoms with Crippen LogP contribution in [0.1, 0.15) is 24.2 Å². The molecule has 0 saturated carbocycles. The molecular weight excluding hydrogens is 352 g/mol. The van der Waals surface area contributed by atoms with E-state index in [1.54, 1.807) is 6.92 Å². The summed E-state index contributed by atoms with van der Waals surface area (Å²) < 4.78 is 78.7. The van der Waals surface area contributed by atoms with Crippen molar-refractivity contribution in [2.45, 2.75) is 25.3 Å². The van der Waals surface area contributed by atoms with Crippen LogP contribution in [0.3, 0.4) is 0 Å². The van der Waals surface area contributed by atoms with Crippen LogP contribution < -0.4 is 10.1 Å². The van der Waals surface area contributed by atoms with E-state index >= 15 is 0 Å². The number of alkyl halides is 6. The van der Waals surface area contributed by atoms with Crippen LogP contribution in [0.25, 0.3) is 0 Å². The lowest BCUT2D eigenvalue weighted by atomic mass is 10.1. The van der Waals surface area contributed by atoms with Crippen LogP contribution in [0, 0.1) is 0 Å². The average molecular weight is 365 g/mol. The number of aromatic nitrogens is 2. The Bertz CT molecular complexity index is 700. The van der Waals surface area contributed by atoms with Crippen molar-refractivity contribution >= 4 is 5.95 Å². The van der Waals surface area contributed by atoms with Gasteiger partial charge in [0.25, 0.3) is 0 Å². The Morgan fingerprint density at radius 2 is 1.68 bits per heavy atom. The second-order valence-electron chi connectivity index (χ2n) is 5.10. The zero-order valence-electron chi connectivity index (χ0n) is 12.8. The van der Waals surface area contributed by atoms with Gasteiger partial charge >= 0.3 is 12.4 Å². The second-order valence-corrected chi connectivity index (χ2v) is 5.10. The van der Waals surface area contributed by atoms with Crippen molar-refractivity contribution in [3.8, 4) is 5.75 Å². The number of hydrogen-bond donors (Lipinski definition) is 1. The molecule has 136 valence electrons. The Balaban J connectivity index is 2.02. The molecule has 1 atom stereocenters. The fourth-order valence-electron chi connectivity index (χ4n) is 1.88. The summed E-state index contributed by atoms with van der Waals surface area (Å²) in [7, 11) is 0. The fraction of sp³-hybridized carbons (Fsp3) is 0.333. The molecule has 0 aliphatic heterocycles. The van der Waals surface area contributed by atoms with Crippen LogP contribution >= 0.6 is 0 Å². The maximum absolute atomic E-state index is 12.6. The first-order valence-electron chi connectivity index (χ1n) is 7.01. The van der Waals surface area contributed by atoms with Gasteiger partial charge in [-0.15, -0.1) is 0 Å². The van der Waals surface area contributed by atoms with Crippen molar-refractivity contribution in [2.75, 3.05) is 11.9 Å². The number of benzene rings is 1. The van der Waals surface area contributed by atoms with Gasteiger partial charge in [0, 0.05) is 6.20 Å². The molecule has 0 bridgehead atoms. The molecule has 1 N–H and O–H groups in total. The number of nitrogens with zero attached hydrogens (tertiary/aromatic N) is 2. The third kappa shape index (κ3) is 5.80. The summed E-state index contributed by atoms with van der Waals surface area (Å²) in [6.45, 7) is 0.243. The maximum atomic E-state index is 12.6. The molecule has 1 unspecified atom stereocenters. The summed E-state index contributed by atoms with van der Waals surface area (Å²) in [5.74, 6) is -0.177. The lowest BCUT2D eigenvalue weighted by Crippen LogP contribution is -2.19. The Morgan fingerprint density at radius 3 is 2.24 bits per heavy atom. The molecule has 0 spiro atoms. The van der Waals surface area contributed by atoms with Gasteiger partial charge in [-0.05, 0) is 30.7 Å². The molecule has 1 aromatic carbocycles. The number of halogens is 6. The molecule has 10 heteroatoms. The van der Waals surface area contributed by atoms with E-state index in [0.717, 1.165) is 12.3 Å². The Kier molecular flexibility index (Phi) is 5.39. The molecule has 0 saturated heterocycles. The van der Waals surface area contributed by atoms with Crippen molar-refractivity contribution in [1.82, 2.24) is 9.97 Å². The number of rotatable bonds is 5. The first kappa shape index (κ1) is 18.8. The van der Waals surface area contributed by atoms with Crippen molar-refractivity contribution in [2.24, 2.45) is 0 Å². The van der Waals surface area contributed by atoms with Crippen LogP contribution in [0.4, 0.5) is 32.3 Å². The van der Waals surface area contributed by atoms with Gasteiger partial charge in [-0.25, -0.2) is 9.97 Å². The summed E-state index contributed by atoms with van der Waals surface area (Å²) in [6, 6.07) is 5.95. The first-order chi connectivity index (χ1) is 11.5. The number of ether oxygens (including phenoxy) is 1. The van der Waals surface area contributed by atoms with Gasteiger partial charge in [-0.1, -0.05) is 12.1 Å². The van der Waals surface area contributed by atoms with E-state index in [4.69, 9.17) is 0 Å².